The molecule has 0 unspecified atom stereocenters. The lowest BCUT2D eigenvalue weighted by atomic mass is 10.2. The Labute approximate surface area is 106 Å². The number of phenols is 2. The fourth-order valence-electron chi connectivity index (χ4n) is 1.31. The van der Waals surface area contributed by atoms with Crippen LogP contribution in [0.25, 0.3) is 0 Å². The molecular formula is C13H17NO4. The van der Waals surface area contributed by atoms with E-state index < -0.39 is 5.91 Å². The molecule has 0 atom stereocenters. The van der Waals surface area contributed by atoms with Gasteiger partial charge in [0.1, 0.15) is 11.5 Å². The van der Waals surface area contributed by atoms with Gasteiger partial charge in [-0.25, -0.2) is 0 Å². The second-order valence-corrected chi connectivity index (χ2v) is 3.65. The zero-order chi connectivity index (χ0) is 13.4. The Balaban J connectivity index is 2.36. The first-order chi connectivity index (χ1) is 8.65. The van der Waals surface area contributed by atoms with E-state index in [1.54, 1.807) is 6.08 Å². The maximum Gasteiger partial charge on any atom is 0.255 e. The van der Waals surface area contributed by atoms with E-state index in [0.29, 0.717) is 19.8 Å². The second-order valence-electron chi connectivity index (χ2n) is 3.65. The van der Waals surface area contributed by atoms with Crippen LogP contribution in [0.2, 0.25) is 0 Å². The van der Waals surface area contributed by atoms with Gasteiger partial charge in [-0.1, -0.05) is 6.08 Å². The number of phenolic OH excluding ortho intramolecular Hbond substituents is 2. The van der Waals surface area contributed by atoms with Crippen LogP contribution in [-0.2, 0) is 4.74 Å². The molecule has 3 N–H and O–H groups in total. The van der Waals surface area contributed by atoms with Crippen LogP contribution in [0, 0.1) is 0 Å². The zero-order valence-corrected chi connectivity index (χ0v) is 10.1. The van der Waals surface area contributed by atoms with Crippen LogP contribution in [0.3, 0.4) is 0 Å². The van der Waals surface area contributed by atoms with Crippen molar-refractivity contribution >= 4 is 5.91 Å². The van der Waals surface area contributed by atoms with Crippen LogP contribution in [0.5, 0.6) is 11.5 Å². The molecule has 0 aliphatic rings. The van der Waals surface area contributed by atoms with E-state index >= 15 is 0 Å². The molecule has 1 aromatic rings. The summed E-state index contributed by atoms with van der Waals surface area (Å²) < 4.78 is 5.22. The van der Waals surface area contributed by atoms with Gasteiger partial charge in [0.25, 0.3) is 5.91 Å². The fraction of sp³-hybridized carbons (Fsp3) is 0.308. The molecule has 0 saturated heterocycles. The Hall–Kier alpha value is -2.01. The molecule has 5 heteroatoms. The summed E-state index contributed by atoms with van der Waals surface area (Å²) in [4.78, 5) is 11.7. The molecule has 0 aromatic heterocycles. The number of aromatic hydroxyl groups is 2. The molecular weight excluding hydrogens is 234 g/mol. The van der Waals surface area contributed by atoms with Gasteiger partial charge in [-0.05, 0) is 24.6 Å². The van der Waals surface area contributed by atoms with E-state index in [0.717, 1.165) is 6.42 Å². The van der Waals surface area contributed by atoms with Crippen LogP contribution in [-0.4, -0.2) is 35.9 Å². The van der Waals surface area contributed by atoms with Crippen molar-refractivity contribution in [3.05, 3.63) is 36.4 Å². The molecule has 1 aromatic carbocycles. The molecule has 18 heavy (non-hydrogen) atoms. The quantitative estimate of drug-likeness (QED) is 0.389. The van der Waals surface area contributed by atoms with Gasteiger partial charge in [-0.3, -0.25) is 4.79 Å². The predicted molar refractivity (Wildman–Crippen MR) is 67.7 cm³/mol. The first-order valence-corrected chi connectivity index (χ1v) is 5.64. The van der Waals surface area contributed by atoms with Crippen LogP contribution in [0.1, 0.15) is 16.8 Å². The predicted octanol–water partition coefficient (Wildman–Crippen LogP) is 1.42. The van der Waals surface area contributed by atoms with Gasteiger partial charge in [0.05, 0.1) is 18.8 Å². The molecule has 0 aliphatic heterocycles. The highest BCUT2D eigenvalue weighted by molar-refractivity contribution is 5.97. The maximum atomic E-state index is 11.7. The number of hydrogen-bond acceptors (Lipinski definition) is 4. The first kappa shape index (κ1) is 14.1. The number of hydrogen-bond donors (Lipinski definition) is 3. The highest BCUT2D eigenvalue weighted by Gasteiger charge is 2.11. The molecule has 0 radical (unpaired) electrons. The Morgan fingerprint density at radius 1 is 1.39 bits per heavy atom. The molecule has 1 amide bonds. The minimum atomic E-state index is -0.448. The highest BCUT2D eigenvalue weighted by Crippen LogP contribution is 2.21. The first-order valence-electron chi connectivity index (χ1n) is 5.64. The maximum absolute atomic E-state index is 11.7. The van der Waals surface area contributed by atoms with Crippen molar-refractivity contribution < 1.29 is 19.7 Å². The van der Waals surface area contributed by atoms with Gasteiger partial charge >= 0.3 is 0 Å². The summed E-state index contributed by atoms with van der Waals surface area (Å²) in [6, 6.07) is 3.79. The van der Waals surface area contributed by atoms with Crippen LogP contribution in [0.4, 0.5) is 0 Å². The van der Waals surface area contributed by atoms with Gasteiger partial charge in [0.15, 0.2) is 0 Å². The third-order valence-corrected chi connectivity index (χ3v) is 2.22. The fourth-order valence-corrected chi connectivity index (χ4v) is 1.31. The summed E-state index contributed by atoms with van der Waals surface area (Å²) >= 11 is 0. The topological polar surface area (TPSA) is 78.8 Å². The Bertz CT molecular complexity index is 417. The average Bonchev–Trinajstić information content (AvgIpc) is 2.36. The molecule has 0 spiro atoms. The number of nitrogens with one attached hydrogen (secondary N) is 1. The van der Waals surface area contributed by atoms with Crippen molar-refractivity contribution in [2.75, 3.05) is 19.8 Å². The van der Waals surface area contributed by atoms with Crippen molar-refractivity contribution in [3.63, 3.8) is 0 Å². The van der Waals surface area contributed by atoms with E-state index in [1.165, 1.54) is 18.2 Å². The summed E-state index contributed by atoms with van der Waals surface area (Å²) in [5.74, 6) is -0.686. The Morgan fingerprint density at radius 3 is 2.89 bits per heavy atom. The van der Waals surface area contributed by atoms with E-state index in [4.69, 9.17) is 4.74 Å². The normalized spacial score (nSPS) is 10.0. The lowest BCUT2D eigenvalue weighted by Crippen LogP contribution is -2.27. The number of rotatable bonds is 7. The van der Waals surface area contributed by atoms with Gasteiger partial charge < -0.3 is 20.3 Å². The summed E-state index contributed by atoms with van der Waals surface area (Å²) in [6.45, 7) is 4.86. The Kier molecular flexibility index (Phi) is 5.73. The minimum Gasteiger partial charge on any atom is -0.508 e. The van der Waals surface area contributed by atoms with E-state index in [9.17, 15) is 15.0 Å². The number of benzene rings is 1. The third-order valence-electron chi connectivity index (χ3n) is 2.22. The van der Waals surface area contributed by atoms with Gasteiger partial charge in [-0.15, -0.1) is 6.58 Å². The van der Waals surface area contributed by atoms with Crippen molar-refractivity contribution in [2.45, 2.75) is 6.42 Å². The van der Waals surface area contributed by atoms with Crippen molar-refractivity contribution in [2.24, 2.45) is 0 Å². The standard InChI is InChI=1S/C13H17NO4/c1-2-3-7-18-8-6-14-13(17)11-9-10(15)4-5-12(11)16/h2,4-5,9,15-16H,1,3,6-8H2,(H,14,17). The number of carbonyl (C=O) groups is 1. The second kappa shape index (κ2) is 7.34. The zero-order valence-electron chi connectivity index (χ0n) is 10.1. The Morgan fingerprint density at radius 2 is 2.17 bits per heavy atom. The summed E-state index contributed by atoms with van der Waals surface area (Å²) in [7, 11) is 0. The largest absolute Gasteiger partial charge is 0.508 e. The van der Waals surface area contributed by atoms with E-state index in [2.05, 4.69) is 11.9 Å². The lowest BCUT2D eigenvalue weighted by molar-refractivity contribution is 0.0915. The van der Waals surface area contributed by atoms with Gasteiger partial charge in [0, 0.05) is 6.54 Å². The van der Waals surface area contributed by atoms with E-state index in [-0.39, 0.29) is 17.1 Å². The van der Waals surface area contributed by atoms with Crippen molar-refractivity contribution in [1.29, 1.82) is 0 Å². The van der Waals surface area contributed by atoms with Crippen LogP contribution < -0.4 is 5.32 Å². The molecule has 0 bridgehead atoms. The molecule has 0 fully saturated rings. The summed E-state index contributed by atoms with van der Waals surface area (Å²) in [5, 5.41) is 21.3. The van der Waals surface area contributed by atoms with Gasteiger partial charge in [-0.2, -0.15) is 0 Å². The molecule has 0 saturated carbocycles. The minimum absolute atomic E-state index is 0.0427. The monoisotopic (exact) mass is 251 g/mol. The van der Waals surface area contributed by atoms with Crippen molar-refractivity contribution in [3.8, 4) is 11.5 Å². The number of carbonyl (C=O) groups excluding carboxylic acids is 1. The highest BCUT2D eigenvalue weighted by atomic mass is 16.5. The molecule has 0 heterocycles. The van der Waals surface area contributed by atoms with Crippen molar-refractivity contribution in [1.82, 2.24) is 5.32 Å². The van der Waals surface area contributed by atoms with Crippen LogP contribution >= 0.6 is 0 Å². The summed E-state index contributed by atoms with van der Waals surface area (Å²) in [5.41, 5.74) is 0.0427. The molecule has 0 aliphatic carbocycles. The molecule has 5 nitrogen and oxygen atoms in total. The number of amides is 1. The van der Waals surface area contributed by atoms with Gasteiger partial charge in [0.2, 0.25) is 0 Å². The smallest absolute Gasteiger partial charge is 0.255 e. The summed E-state index contributed by atoms with van der Waals surface area (Å²) in [6.07, 6.45) is 2.52. The SMILES string of the molecule is C=CCCOCCNC(=O)c1cc(O)ccc1O. The lowest BCUT2D eigenvalue weighted by Gasteiger charge is -2.07. The molecule has 1 rings (SSSR count). The molecule has 98 valence electrons. The van der Waals surface area contributed by atoms with E-state index in [1.807, 2.05) is 0 Å². The number of ether oxygens (including phenoxy) is 1. The average molecular weight is 251 g/mol. The van der Waals surface area contributed by atoms with Crippen LogP contribution in [0.15, 0.2) is 30.9 Å². The third kappa shape index (κ3) is 4.47.